The first kappa shape index (κ1) is 15.0. The van der Waals surface area contributed by atoms with E-state index in [0.29, 0.717) is 12.8 Å². The van der Waals surface area contributed by atoms with Crippen LogP contribution in [0.25, 0.3) is 0 Å². The van der Waals surface area contributed by atoms with Gasteiger partial charge in [0.2, 0.25) is 0 Å². The third kappa shape index (κ3) is 2.57. The first-order valence-corrected chi connectivity index (χ1v) is 7.27. The van der Waals surface area contributed by atoms with Crippen molar-refractivity contribution in [2.75, 3.05) is 6.54 Å². The zero-order chi connectivity index (χ0) is 14.8. The van der Waals surface area contributed by atoms with E-state index in [-0.39, 0.29) is 11.9 Å². The lowest BCUT2D eigenvalue weighted by Gasteiger charge is -2.39. The molecule has 2 atom stereocenters. The molecule has 0 amide bonds. The van der Waals surface area contributed by atoms with E-state index in [1.807, 2.05) is 24.8 Å². The molecule has 1 N–H and O–H groups in total. The Morgan fingerprint density at radius 1 is 1.55 bits per heavy atom. The molecule has 1 aromatic carbocycles. The summed E-state index contributed by atoms with van der Waals surface area (Å²) in [7, 11) is 0. The van der Waals surface area contributed by atoms with Gasteiger partial charge in [-0.3, -0.25) is 9.69 Å². The minimum atomic E-state index is -0.791. The third-order valence-electron chi connectivity index (χ3n) is 4.40. The molecule has 0 saturated carbocycles. The molecule has 110 valence electrons. The van der Waals surface area contributed by atoms with Crippen LogP contribution in [0.1, 0.15) is 51.1 Å². The predicted molar refractivity (Wildman–Crippen MR) is 76.0 cm³/mol. The molecule has 0 bridgehead atoms. The Bertz CT molecular complexity index is 491. The minimum Gasteiger partial charge on any atom is -0.480 e. The second-order valence-corrected chi connectivity index (χ2v) is 5.61. The maximum atomic E-state index is 13.4. The van der Waals surface area contributed by atoms with Crippen molar-refractivity contribution in [2.45, 2.75) is 51.1 Å². The van der Waals surface area contributed by atoms with Crippen LogP contribution >= 0.6 is 0 Å². The fourth-order valence-electron chi connectivity index (χ4n) is 3.43. The summed E-state index contributed by atoms with van der Waals surface area (Å²) in [4.78, 5) is 13.8. The van der Waals surface area contributed by atoms with Crippen LogP contribution in [-0.2, 0) is 4.79 Å². The number of nitrogens with zero attached hydrogens (tertiary/aromatic N) is 1. The highest BCUT2D eigenvalue weighted by Crippen LogP contribution is 2.40. The van der Waals surface area contributed by atoms with E-state index in [2.05, 4.69) is 0 Å². The van der Waals surface area contributed by atoms with Crippen molar-refractivity contribution in [3.8, 4) is 0 Å². The van der Waals surface area contributed by atoms with Gasteiger partial charge in [-0.05, 0) is 50.4 Å². The number of halogens is 1. The Morgan fingerprint density at radius 2 is 2.30 bits per heavy atom. The zero-order valence-electron chi connectivity index (χ0n) is 12.1. The molecule has 4 heteroatoms. The Kier molecular flexibility index (Phi) is 4.43. The molecule has 3 nitrogen and oxygen atoms in total. The van der Waals surface area contributed by atoms with Gasteiger partial charge in [-0.15, -0.1) is 0 Å². The minimum absolute atomic E-state index is 0.0872. The maximum Gasteiger partial charge on any atom is 0.324 e. The molecular formula is C16H22FNO2. The van der Waals surface area contributed by atoms with Crippen molar-refractivity contribution in [1.29, 1.82) is 0 Å². The highest BCUT2D eigenvalue weighted by Gasteiger charge is 2.48. The van der Waals surface area contributed by atoms with Crippen molar-refractivity contribution in [3.05, 3.63) is 35.6 Å². The monoisotopic (exact) mass is 279 g/mol. The molecule has 1 aliphatic heterocycles. The van der Waals surface area contributed by atoms with Crippen molar-refractivity contribution < 1.29 is 14.3 Å². The number of benzene rings is 1. The molecular weight excluding hydrogens is 257 g/mol. The molecule has 1 aliphatic rings. The summed E-state index contributed by atoms with van der Waals surface area (Å²) < 4.78 is 13.4. The summed E-state index contributed by atoms with van der Waals surface area (Å²) in [6.45, 7) is 4.73. The lowest BCUT2D eigenvalue weighted by molar-refractivity contribution is -0.151. The molecule has 1 heterocycles. The van der Waals surface area contributed by atoms with E-state index in [1.54, 1.807) is 6.07 Å². The Labute approximate surface area is 119 Å². The standard InChI is InChI=1S/C16H22FNO2/c1-3-8-16(15(19)20)9-5-10-18(16)12(2)13-6-4-7-14(17)11-13/h4,6-7,11-12H,3,5,8-10H2,1-2H3,(H,19,20). The third-order valence-corrected chi connectivity index (χ3v) is 4.40. The molecule has 0 spiro atoms. The molecule has 0 radical (unpaired) electrons. The molecule has 1 saturated heterocycles. The van der Waals surface area contributed by atoms with Gasteiger partial charge in [-0.1, -0.05) is 25.5 Å². The molecule has 0 aromatic heterocycles. The smallest absolute Gasteiger partial charge is 0.324 e. The van der Waals surface area contributed by atoms with Crippen LogP contribution in [0.2, 0.25) is 0 Å². The van der Waals surface area contributed by atoms with E-state index < -0.39 is 11.5 Å². The van der Waals surface area contributed by atoms with E-state index >= 15 is 0 Å². The van der Waals surface area contributed by atoms with Gasteiger partial charge in [0.25, 0.3) is 0 Å². The zero-order valence-corrected chi connectivity index (χ0v) is 12.1. The SMILES string of the molecule is CCCC1(C(=O)O)CCCN1C(C)c1cccc(F)c1. The van der Waals surface area contributed by atoms with Gasteiger partial charge >= 0.3 is 5.97 Å². The predicted octanol–water partition coefficient (Wildman–Crippen LogP) is 3.61. The number of hydrogen-bond acceptors (Lipinski definition) is 2. The first-order valence-electron chi connectivity index (χ1n) is 7.27. The number of carbonyl (C=O) groups is 1. The summed E-state index contributed by atoms with van der Waals surface area (Å²) in [5.74, 6) is -1.02. The van der Waals surface area contributed by atoms with E-state index in [0.717, 1.165) is 24.9 Å². The lowest BCUT2D eigenvalue weighted by Crippen LogP contribution is -2.51. The van der Waals surface area contributed by atoms with Crippen molar-refractivity contribution in [3.63, 3.8) is 0 Å². The van der Waals surface area contributed by atoms with Crippen LogP contribution in [0.5, 0.6) is 0 Å². The summed E-state index contributed by atoms with van der Waals surface area (Å²) in [6, 6.07) is 6.37. The average Bonchev–Trinajstić information content (AvgIpc) is 2.83. The second kappa shape index (κ2) is 5.92. The number of hydrogen-bond donors (Lipinski definition) is 1. The Balaban J connectivity index is 2.32. The topological polar surface area (TPSA) is 40.5 Å². The summed E-state index contributed by atoms with van der Waals surface area (Å²) in [5.41, 5.74) is 0.0501. The highest BCUT2D eigenvalue weighted by molar-refractivity contribution is 5.79. The lowest BCUT2D eigenvalue weighted by atomic mass is 9.89. The number of rotatable bonds is 5. The fraction of sp³-hybridized carbons (Fsp3) is 0.562. The van der Waals surface area contributed by atoms with Gasteiger partial charge in [-0.2, -0.15) is 0 Å². The van der Waals surface area contributed by atoms with Crippen molar-refractivity contribution >= 4 is 5.97 Å². The summed E-state index contributed by atoms with van der Waals surface area (Å²) >= 11 is 0. The number of carboxylic acids is 1. The van der Waals surface area contributed by atoms with E-state index in [9.17, 15) is 14.3 Å². The van der Waals surface area contributed by atoms with Crippen molar-refractivity contribution in [1.82, 2.24) is 4.90 Å². The number of carboxylic acid groups (broad SMARTS) is 1. The van der Waals surface area contributed by atoms with Crippen LogP contribution in [-0.4, -0.2) is 28.1 Å². The van der Waals surface area contributed by atoms with Crippen LogP contribution in [0.15, 0.2) is 24.3 Å². The molecule has 2 rings (SSSR count). The molecule has 1 fully saturated rings. The molecule has 0 aliphatic carbocycles. The quantitative estimate of drug-likeness (QED) is 0.895. The normalized spacial score (nSPS) is 24.8. The summed E-state index contributed by atoms with van der Waals surface area (Å²) in [6.07, 6.45) is 3.03. The average molecular weight is 279 g/mol. The number of likely N-dealkylation sites (tertiary alicyclic amines) is 1. The molecule has 1 aromatic rings. The molecule has 20 heavy (non-hydrogen) atoms. The molecule has 2 unspecified atom stereocenters. The van der Waals surface area contributed by atoms with Gasteiger partial charge in [0.1, 0.15) is 11.4 Å². The highest BCUT2D eigenvalue weighted by atomic mass is 19.1. The van der Waals surface area contributed by atoms with Gasteiger partial charge in [0.05, 0.1) is 0 Å². The Morgan fingerprint density at radius 3 is 2.90 bits per heavy atom. The van der Waals surface area contributed by atoms with Crippen LogP contribution < -0.4 is 0 Å². The van der Waals surface area contributed by atoms with E-state index in [1.165, 1.54) is 12.1 Å². The van der Waals surface area contributed by atoms with Gasteiger partial charge in [0, 0.05) is 6.04 Å². The van der Waals surface area contributed by atoms with Crippen LogP contribution in [0.3, 0.4) is 0 Å². The van der Waals surface area contributed by atoms with Crippen LogP contribution in [0, 0.1) is 5.82 Å². The van der Waals surface area contributed by atoms with Crippen LogP contribution in [0.4, 0.5) is 4.39 Å². The first-order chi connectivity index (χ1) is 9.51. The van der Waals surface area contributed by atoms with E-state index in [4.69, 9.17) is 0 Å². The van der Waals surface area contributed by atoms with Crippen molar-refractivity contribution in [2.24, 2.45) is 0 Å². The van der Waals surface area contributed by atoms with Gasteiger partial charge in [-0.25, -0.2) is 4.39 Å². The Hall–Kier alpha value is -1.42. The second-order valence-electron chi connectivity index (χ2n) is 5.61. The fourth-order valence-corrected chi connectivity index (χ4v) is 3.43. The maximum absolute atomic E-state index is 13.4. The van der Waals surface area contributed by atoms with Gasteiger partial charge in [0.15, 0.2) is 0 Å². The number of aliphatic carboxylic acids is 1. The largest absolute Gasteiger partial charge is 0.480 e. The summed E-state index contributed by atoms with van der Waals surface area (Å²) in [5, 5.41) is 9.70. The van der Waals surface area contributed by atoms with Gasteiger partial charge < -0.3 is 5.11 Å².